The lowest BCUT2D eigenvalue weighted by Gasteiger charge is -2.03. The molecule has 0 aromatic rings. The number of hydrogen-bond donors (Lipinski definition) is 1. The number of ether oxygens (including phenoxy) is 1. The van der Waals surface area contributed by atoms with Gasteiger partial charge in [-0.25, -0.2) is 0 Å². The molecule has 0 bridgehead atoms. The largest absolute Gasteiger partial charge is 0.381 e. The van der Waals surface area contributed by atoms with Crippen LogP contribution in [0.15, 0.2) is 0 Å². The van der Waals surface area contributed by atoms with Crippen molar-refractivity contribution in [3.8, 4) is 0 Å². The van der Waals surface area contributed by atoms with Crippen LogP contribution in [0.4, 0.5) is 0 Å². The van der Waals surface area contributed by atoms with Gasteiger partial charge in [0.25, 0.3) is 0 Å². The van der Waals surface area contributed by atoms with E-state index in [4.69, 9.17) is 4.74 Å². The number of unbranched alkanes of at least 4 members (excludes halogenated alkanes) is 7. The molecule has 0 heterocycles. The van der Waals surface area contributed by atoms with Gasteiger partial charge in [-0.05, 0) is 6.42 Å². The molecule has 0 fully saturated rings. The third kappa shape index (κ3) is 13.9. The summed E-state index contributed by atoms with van der Waals surface area (Å²) in [5.41, 5.74) is 3.79. The molecule has 0 saturated heterocycles. The maximum Gasteiger partial charge on any atom is 0.0762 e. The number of hydrogen-bond acceptors (Lipinski definition) is 1. The maximum atomic E-state index is 5.48. The fourth-order valence-corrected chi connectivity index (χ4v) is 1.64. The van der Waals surface area contributed by atoms with E-state index in [9.17, 15) is 0 Å². The third-order valence-electron chi connectivity index (χ3n) is 2.68. The zero-order valence-corrected chi connectivity index (χ0v) is 10.6. The first kappa shape index (κ1) is 14.9. The second kappa shape index (κ2) is 13.9. The zero-order valence-electron chi connectivity index (χ0n) is 10.6. The van der Waals surface area contributed by atoms with Gasteiger partial charge in [-0.1, -0.05) is 51.9 Å². The second-order valence-corrected chi connectivity index (χ2v) is 4.29. The minimum atomic E-state index is 0.903. The summed E-state index contributed by atoms with van der Waals surface area (Å²) in [4.78, 5) is 0. The van der Waals surface area contributed by atoms with E-state index in [-0.39, 0.29) is 0 Å². The molecule has 3 N–H and O–H groups in total. The van der Waals surface area contributed by atoms with Crippen molar-refractivity contribution in [3.63, 3.8) is 0 Å². The fourth-order valence-electron chi connectivity index (χ4n) is 1.64. The summed E-state index contributed by atoms with van der Waals surface area (Å²) in [6.45, 7) is 5.12. The summed E-state index contributed by atoms with van der Waals surface area (Å²) in [5, 5.41) is 0. The molecule has 92 valence electrons. The van der Waals surface area contributed by atoms with Crippen molar-refractivity contribution >= 4 is 0 Å². The minimum Gasteiger partial charge on any atom is -0.381 e. The van der Waals surface area contributed by atoms with Crippen LogP contribution in [0.25, 0.3) is 0 Å². The summed E-state index contributed by atoms with van der Waals surface area (Å²) >= 11 is 0. The average molecular weight is 216 g/mol. The Morgan fingerprint density at radius 1 is 0.733 bits per heavy atom. The van der Waals surface area contributed by atoms with E-state index in [2.05, 4.69) is 12.7 Å². The molecule has 2 nitrogen and oxygen atoms in total. The first-order valence-corrected chi connectivity index (χ1v) is 6.78. The molecule has 0 spiro atoms. The Hall–Kier alpha value is -0.0800. The van der Waals surface area contributed by atoms with Gasteiger partial charge in [-0.15, -0.1) is 0 Å². The molecule has 0 unspecified atom stereocenters. The smallest absolute Gasteiger partial charge is 0.0762 e. The van der Waals surface area contributed by atoms with Crippen LogP contribution in [-0.4, -0.2) is 19.8 Å². The van der Waals surface area contributed by atoms with Gasteiger partial charge in [0, 0.05) is 13.0 Å². The Balaban J connectivity index is 2.81. The lowest BCUT2D eigenvalue weighted by atomic mass is 10.1. The fraction of sp³-hybridized carbons (Fsp3) is 1.00. The van der Waals surface area contributed by atoms with Crippen LogP contribution in [-0.2, 0) is 4.74 Å². The minimum absolute atomic E-state index is 0.903. The van der Waals surface area contributed by atoms with E-state index >= 15 is 0 Å². The van der Waals surface area contributed by atoms with Crippen molar-refractivity contribution < 1.29 is 10.5 Å². The Kier molecular flexibility index (Phi) is 13.8. The molecule has 0 aromatic carbocycles. The molecule has 0 radical (unpaired) electrons. The normalized spacial score (nSPS) is 10.8. The highest BCUT2D eigenvalue weighted by Gasteiger charge is 1.92. The third-order valence-corrected chi connectivity index (χ3v) is 2.68. The van der Waals surface area contributed by atoms with Crippen LogP contribution in [0.2, 0.25) is 0 Å². The summed E-state index contributed by atoms with van der Waals surface area (Å²) in [5.74, 6) is 0. The van der Waals surface area contributed by atoms with Crippen LogP contribution in [0.5, 0.6) is 0 Å². The van der Waals surface area contributed by atoms with Crippen LogP contribution in [0, 0.1) is 0 Å². The molecule has 2 heteroatoms. The summed E-state index contributed by atoms with van der Waals surface area (Å²) in [6.07, 6.45) is 12.1. The Morgan fingerprint density at radius 3 is 1.87 bits per heavy atom. The van der Waals surface area contributed by atoms with E-state index in [0.717, 1.165) is 26.2 Å². The van der Waals surface area contributed by atoms with Gasteiger partial charge in [0.05, 0.1) is 13.2 Å². The predicted octanol–water partition coefficient (Wildman–Crippen LogP) is 2.78. The Labute approximate surface area is 95.6 Å². The molecule has 0 rings (SSSR count). The first-order valence-electron chi connectivity index (χ1n) is 6.78. The van der Waals surface area contributed by atoms with E-state index in [0.29, 0.717) is 0 Å². The molecule has 0 amide bonds. The van der Waals surface area contributed by atoms with E-state index in [1.165, 1.54) is 51.4 Å². The van der Waals surface area contributed by atoms with E-state index in [1.54, 1.807) is 0 Å². The highest BCUT2D eigenvalue weighted by Crippen LogP contribution is 2.08. The van der Waals surface area contributed by atoms with Crippen LogP contribution in [0.1, 0.15) is 64.7 Å². The number of rotatable bonds is 12. The van der Waals surface area contributed by atoms with E-state index < -0.39 is 0 Å². The summed E-state index contributed by atoms with van der Waals surface area (Å²) in [7, 11) is 0. The van der Waals surface area contributed by atoms with Crippen LogP contribution >= 0.6 is 0 Å². The molecule has 0 saturated carbocycles. The average Bonchev–Trinajstić information content (AvgIpc) is 2.26. The van der Waals surface area contributed by atoms with Gasteiger partial charge in [-0.2, -0.15) is 0 Å². The second-order valence-electron chi connectivity index (χ2n) is 4.29. The Bertz CT molecular complexity index is 94.7. The first-order chi connectivity index (χ1) is 7.41. The van der Waals surface area contributed by atoms with Gasteiger partial charge in [0.2, 0.25) is 0 Å². The topological polar surface area (TPSA) is 36.9 Å². The van der Waals surface area contributed by atoms with Crippen LogP contribution in [0.3, 0.4) is 0 Å². The molecule has 0 atom stereocenters. The zero-order chi connectivity index (χ0) is 11.2. The van der Waals surface area contributed by atoms with Gasteiger partial charge in [0.15, 0.2) is 0 Å². The quantitative estimate of drug-likeness (QED) is 0.500. The molecule has 15 heavy (non-hydrogen) atoms. The number of quaternary nitrogens is 1. The van der Waals surface area contributed by atoms with Gasteiger partial charge in [0.1, 0.15) is 0 Å². The van der Waals surface area contributed by atoms with Gasteiger partial charge >= 0.3 is 0 Å². The van der Waals surface area contributed by atoms with Crippen molar-refractivity contribution in [2.75, 3.05) is 19.8 Å². The van der Waals surface area contributed by atoms with Gasteiger partial charge < -0.3 is 10.5 Å². The van der Waals surface area contributed by atoms with Crippen molar-refractivity contribution in [1.82, 2.24) is 0 Å². The monoisotopic (exact) mass is 216 g/mol. The molecule has 0 aliphatic heterocycles. The highest BCUT2D eigenvalue weighted by molar-refractivity contribution is 4.45. The SMILES string of the molecule is CCCCCCCCCCOCCC[NH3+]. The van der Waals surface area contributed by atoms with Crippen molar-refractivity contribution in [1.29, 1.82) is 0 Å². The van der Waals surface area contributed by atoms with Crippen LogP contribution < -0.4 is 5.73 Å². The molecule has 0 aromatic heterocycles. The standard InChI is InChI=1S/C13H29NO/c1-2-3-4-5-6-7-8-9-12-15-13-10-11-14/h2-14H2,1H3/p+1. The van der Waals surface area contributed by atoms with Crippen molar-refractivity contribution in [2.24, 2.45) is 0 Å². The van der Waals surface area contributed by atoms with Crippen molar-refractivity contribution in [2.45, 2.75) is 64.7 Å². The highest BCUT2D eigenvalue weighted by atomic mass is 16.5. The summed E-state index contributed by atoms with van der Waals surface area (Å²) < 4.78 is 5.48. The lowest BCUT2D eigenvalue weighted by Crippen LogP contribution is -2.50. The molecule has 0 aliphatic carbocycles. The maximum absolute atomic E-state index is 5.48. The molecular formula is C13H30NO+. The molecular weight excluding hydrogens is 186 g/mol. The van der Waals surface area contributed by atoms with Crippen molar-refractivity contribution in [3.05, 3.63) is 0 Å². The van der Waals surface area contributed by atoms with E-state index in [1.807, 2.05) is 0 Å². The predicted molar refractivity (Wildman–Crippen MR) is 65.8 cm³/mol. The lowest BCUT2D eigenvalue weighted by molar-refractivity contribution is -0.369. The Morgan fingerprint density at radius 2 is 1.27 bits per heavy atom. The van der Waals surface area contributed by atoms with Gasteiger partial charge in [-0.3, -0.25) is 0 Å². The summed E-state index contributed by atoms with van der Waals surface area (Å²) in [6, 6.07) is 0. The molecule has 0 aliphatic rings.